The maximum absolute atomic E-state index is 13.5. The van der Waals surface area contributed by atoms with Gasteiger partial charge in [0.05, 0.1) is 11.1 Å². The highest BCUT2D eigenvalue weighted by Gasteiger charge is 2.53. The van der Waals surface area contributed by atoms with Crippen LogP contribution in [0, 0.1) is 17.8 Å². The van der Waals surface area contributed by atoms with Crippen LogP contribution in [0.5, 0.6) is 11.5 Å². The Labute approximate surface area is 257 Å². The maximum Gasteiger partial charge on any atom is 0.343 e. The van der Waals surface area contributed by atoms with Gasteiger partial charge >= 0.3 is 11.9 Å². The van der Waals surface area contributed by atoms with Crippen molar-refractivity contribution in [1.82, 2.24) is 0 Å². The normalized spacial score (nSPS) is 24.4. The van der Waals surface area contributed by atoms with Crippen LogP contribution in [0.4, 0.5) is 0 Å². The quantitative estimate of drug-likeness (QED) is 0.147. The second-order valence-corrected chi connectivity index (χ2v) is 19.5. The highest BCUT2D eigenvalue weighted by atomic mass is 28.4. The molecule has 0 radical (unpaired) electrons. The van der Waals surface area contributed by atoms with E-state index in [9.17, 15) is 9.59 Å². The monoisotopic (exact) mass is 596 g/mol. The van der Waals surface area contributed by atoms with Crippen molar-refractivity contribution in [3.8, 4) is 11.5 Å². The third-order valence-corrected chi connectivity index (χ3v) is 14.9. The van der Waals surface area contributed by atoms with Crippen molar-refractivity contribution in [3.05, 3.63) is 95.1 Å². The molecule has 0 amide bonds. The lowest BCUT2D eigenvalue weighted by Gasteiger charge is -2.57. The van der Waals surface area contributed by atoms with Gasteiger partial charge in [0.15, 0.2) is 0 Å². The van der Waals surface area contributed by atoms with Gasteiger partial charge in [-0.3, -0.25) is 0 Å². The number of hydrogen-bond donors (Lipinski definition) is 0. The molecule has 4 aliphatic carbocycles. The summed E-state index contributed by atoms with van der Waals surface area (Å²) < 4.78 is 18.2. The van der Waals surface area contributed by atoms with Gasteiger partial charge in [-0.1, -0.05) is 51.1 Å². The van der Waals surface area contributed by atoms with Gasteiger partial charge in [0.25, 0.3) is 0 Å². The van der Waals surface area contributed by atoms with E-state index in [1.165, 1.54) is 44.1 Å². The molecule has 226 valence electrons. The van der Waals surface area contributed by atoms with Crippen molar-refractivity contribution < 1.29 is 23.5 Å². The van der Waals surface area contributed by atoms with Crippen LogP contribution in [-0.2, 0) is 16.8 Å². The smallest absolute Gasteiger partial charge is 0.343 e. The van der Waals surface area contributed by atoms with E-state index >= 15 is 0 Å². The first-order valence-corrected chi connectivity index (χ1v) is 18.7. The lowest BCUT2D eigenvalue weighted by Crippen LogP contribution is -2.49. The molecule has 0 heterocycles. The van der Waals surface area contributed by atoms with Gasteiger partial charge < -0.3 is 13.9 Å². The van der Waals surface area contributed by atoms with Crippen LogP contribution in [0.3, 0.4) is 0 Å². The molecule has 4 fully saturated rings. The molecule has 3 aromatic carbocycles. The molecule has 4 saturated carbocycles. The fourth-order valence-electron chi connectivity index (χ4n) is 7.66. The zero-order valence-electron chi connectivity index (χ0n) is 26.2. The summed E-state index contributed by atoms with van der Waals surface area (Å²) in [7, 11) is -2.09. The molecule has 4 bridgehead atoms. The molecule has 0 unspecified atom stereocenters. The Hall–Kier alpha value is -3.38. The average molecular weight is 597 g/mol. The minimum Gasteiger partial charge on any atom is -0.543 e. The zero-order chi connectivity index (χ0) is 30.4. The van der Waals surface area contributed by atoms with Crippen LogP contribution in [0.15, 0.2) is 72.8 Å². The predicted octanol–water partition coefficient (Wildman–Crippen LogP) is 9.11. The van der Waals surface area contributed by atoms with E-state index in [0.29, 0.717) is 16.9 Å². The molecule has 0 N–H and O–H groups in total. The summed E-state index contributed by atoms with van der Waals surface area (Å²) in [5.41, 5.74) is 3.16. The summed E-state index contributed by atoms with van der Waals surface area (Å²) in [6.07, 6.45) is 7.63. The summed E-state index contributed by atoms with van der Waals surface area (Å²) in [4.78, 5) is 26.0. The summed E-state index contributed by atoms with van der Waals surface area (Å²) in [6, 6.07) is 22.1. The number of carbonyl (C=O) groups is 2. The van der Waals surface area contributed by atoms with Crippen molar-refractivity contribution in [3.63, 3.8) is 0 Å². The molecule has 0 aromatic heterocycles. The maximum atomic E-state index is 13.5. The van der Waals surface area contributed by atoms with Gasteiger partial charge in [-0.05, 0) is 133 Å². The Morgan fingerprint density at radius 2 is 1.37 bits per heavy atom. The van der Waals surface area contributed by atoms with Crippen LogP contribution in [0.1, 0.15) is 91.1 Å². The first-order chi connectivity index (χ1) is 20.4. The highest BCUT2D eigenvalue weighted by Crippen LogP contribution is 2.62. The van der Waals surface area contributed by atoms with E-state index in [-0.39, 0.29) is 17.1 Å². The third-order valence-electron chi connectivity index (χ3n) is 10.5. The van der Waals surface area contributed by atoms with Gasteiger partial charge in [-0.2, -0.15) is 0 Å². The van der Waals surface area contributed by atoms with E-state index in [4.69, 9.17) is 13.9 Å². The fourth-order valence-corrected chi connectivity index (χ4v) is 8.69. The summed E-state index contributed by atoms with van der Waals surface area (Å²) in [5, 5.41) is 0.0729. The van der Waals surface area contributed by atoms with Crippen molar-refractivity contribution in [2.75, 3.05) is 0 Å². The first kappa shape index (κ1) is 29.7. The summed E-state index contributed by atoms with van der Waals surface area (Å²) in [6.45, 7) is 11.6. The Balaban J connectivity index is 1.21. The number of esters is 2. The Morgan fingerprint density at radius 3 is 1.95 bits per heavy atom. The summed E-state index contributed by atoms with van der Waals surface area (Å²) >= 11 is 0. The molecule has 0 saturated heterocycles. The Morgan fingerprint density at radius 1 is 0.791 bits per heavy atom. The first-order valence-electron chi connectivity index (χ1n) is 15.8. The number of rotatable bonds is 8. The van der Waals surface area contributed by atoms with Crippen molar-refractivity contribution in [2.45, 2.75) is 89.5 Å². The topological polar surface area (TPSA) is 61.8 Å². The molecule has 3 aromatic rings. The number of benzene rings is 3. The predicted molar refractivity (Wildman–Crippen MR) is 171 cm³/mol. The molecule has 4 aliphatic rings. The van der Waals surface area contributed by atoms with Gasteiger partial charge in [0.1, 0.15) is 18.1 Å². The van der Waals surface area contributed by atoms with Crippen LogP contribution < -0.4 is 9.16 Å². The van der Waals surface area contributed by atoms with Crippen LogP contribution in [0.25, 0.3) is 0 Å². The molecule has 43 heavy (non-hydrogen) atoms. The standard InChI is InChI=1S/C37H44O5Si/c1-36(2,3)43(4,5)42-33-16-13-30(20-32(33)37-21-26-17-27(22-37)19-28(18-26)23-37)35(39)41-31-14-11-29(12-15-31)34(38)40-24-25-9-7-6-8-10-25/h6-16,20,26-28H,17-19,21-24H2,1-5H3. The lowest BCUT2D eigenvalue weighted by atomic mass is 9.48. The van der Waals surface area contributed by atoms with Crippen molar-refractivity contribution in [2.24, 2.45) is 17.8 Å². The van der Waals surface area contributed by atoms with E-state index in [2.05, 4.69) is 39.9 Å². The van der Waals surface area contributed by atoms with Gasteiger partial charge in [0, 0.05) is 0 Å². The lowest BCUT2D eigenvalue weighted by molar-refractivity contribution is -0.00589. The van der Waals surface area contributed by atoms with Crippen LogP contribution >= 0.6 is 0 Å². The van der Waals surface area contributed by atoms with E-state index in [1.54, 1.807) is 24.3 Å². The van der Waals surface area contributed by atoms with Crippen LogP contribution in [-0.4, -0.2) is 20.3 Å². The van der Waals surface area contributed by atoms with Crippen molar-refractivity contribution >= 4 is 20.3 Å². The molecular weight excluding hydrogens is 552 g/mol. The average Bonchev–Trinajstić information content (AvgIpc) is 2.95. The molecule has 0 atom stereocenters. The second-order valence-electron chi connectivity index (χ2n) is 14.7. The van der Waals surface area contributed by atoms with Gasteiger partial charge in [-0.15, -0.1) is 0 Å². The molecule has 5 nitrogen and oxygen atoms in total. The SMILES string of the molecule is CC(C)(C)[Si](C)(C)Oc1ccc(C(=O)Oc2ccc(C(=O)OCc3ccccc3)cc2)cc1C12CC3CC(CC(C3)C1)C2. The number of ether oxygens (including phenoxy) is 2. The van der Waals surface area contributed by atoms with E-state index in [1.807, 2.05) is 42.5 Å². The molecule has 6 heteroatoms. The van der Waals surface area contributed by atoms with Gasteiger partial charge in [-0.25, -0.2) is 9.59 Å². The minimum atomic E-state index is -2.09. The Kier molecular flexibility index (Phi) is 7.78. The molecule has 0 aliphatic heterocycles. The number of hydrogen-bond acceptors (Lipinski definition) is 5. The summed E-state index contributed by atoms with van der Waals surface area (Å²) in [5.74, 6) is 2.87. The van der Waals surface area contributed by atoms with Crippen LogP contribution in [0.2, 0.25) is 18.1 Å². The third kappa shape index (κ3) is 6.17. The zero-order valence-corrected chi connectivity index (χ0v) is 27.2. The molecular formula is C37H44O5Si. The van der Waals surface area contributed by atoms with Crippen molar-refractivity contribution in [1.29, 1.82) is 0 Å². The molecule has 7 rings (SSSR count). The minimum absolute atomic E-state index is 0.0729. The fraction of sp³-hybridized carbons (Fsp3) is 0.459. The van der Waals surface area contributed by atoms with E-state index < -0.39 is 20.3 Å². The molecule has 0 spiro atoms. The van der Waals surface area contributed by atoms with Gasteiger partial charge in [0.2, 0.25) is 8.32 Å². The van der Waals surface area contributed by atoms with E-state index in [0.717, 1.165) is 29.1 Å². The second kappa shape index (κ2) is 11.3. The largest absolute Gasteiger partial charge is 0.543 e. The Bertz CT molecular complexity index is 1450. The number of carbonyl (C=O) groups excluding carboxylic acids is 2. The highest BCUT2D eigenvalue weighted by molar-refractivity contribution is 6.74.